The van der Waals surface area contributed by atoms with Gasteiger partial charge in [-0.1, -0.05) is 52.0 Å². The summed E-state index contributed by atoms with van der Waals surface area (Å²) in [7, 11) is 0. The Kier molecular flexibility index (Phi) is 3.64. The fraction of sp³-hybridized carbons (Fsp3) is 0.579. The summed E-state index contributed by atoms with van der Waals surface area (Å²) in [6, 6.07) is 4.93. The van der Waals surface area contributed by atoms with Crippen molar-refractivity contribution in [3.63, 3.8) is 0 Å². The third kappa shape index (κ3) is 2.63. The molecule has 2 rings (SSSR count). The molecule has 0 unspecified atom stereocenters. The van der Waals surface area contributed by atoms with Crippen LogP contribution >= 0.6 is 0 Å². The van der Waals surface area contributed by atoms with E-state index in [-0.39, 0.29) is 0 Å². The molecule has 0 amide bonds. The lowest BCUT2D eigenvalue weighted by Gasteiger charge is -2.42. The summed E-state index contributed by atoms with van der Waals surface area (Å²) in [6.45, 7) is 13.9. The van der Waals surface area contributed by atoms with Gasteiger partial charge in [0.05, 0.1) is 0 Å². The second-order valence-corrected chi connectivity index (χ2v) is 7.37. The summed E-state index contributed by atoms with van der Waals surface area (Å²) < 4.78 is 0. The Morgan fingerprint density at radius 2 is 1.53 bits per heavy atom. The number of hydrogen-bond donors (Lipinski definition) is 0. The highest BCUT2D eigenvalue weighted by atomic mass is 14.4. The standard InChI is InChI=1S/C19H28/c1-7-8-9-15-13-17-16(12-14(15)2)18(3,4)10-11-19(17,5)6/h7-8,12-13H,9-11H2,1-6H3. The fourth-order valence-electron chi connectivity index (χ4n) is 3.23. The topological polar surface area (TPSA) is 0 Å². The minimum atomic E-state index is 0.323. The van der Waals surface area contributed by atoms with E-state index in [4.69, 9.17) is 0 Å². The average Bonchev–Trinajstić information content (AvgIpc) is 2.33. The Bertz CT molecular complexity index is 501. The molecule has 0 heteroatoms. The number of hydrogen-bond acceptors (Lipinski definition) is 0. The zero-order chi connectivity index (χ0) is 14.3. The first-order valence-electron chi connectivity index (χ1n) is 7.53. The van der Waals surface area contributed by atoms with E-state index in [2.05, 4.69) is 65.8 Å². The predicted molar refractivity (Wildman–Crippen MR) is 85.0 cm³/mol. The summed E-state index contributed by atoms with van der Waals surface area (Å²) in [5, 5.41) is 0. The van der Waals surface area contributed by atoms with Gasteiger partial charge in [0, 0.05) is 0 Å². The molecule has 0 atom stereocenters. The van der Waals surface area contributed by atoms with E-state index in [1.807, 2.05) is 0 Å². The summed E-state index contributed by atoms with van der Waals surface area (Å²) in [5.74, 6) is 0. The van der Waals surface area contributed by atoms with Crippen LogP contribution in [0, 0.1) is 6.92 Å². The molecule has 0 fully saturated rings. The Labute approximate surface area is 118 Å². The van der Waals surface area contributed by atoms with Crippen LogP contribution in [0.2, 0.25) is 0 Å². The minimum Gasteiger partial charge on any atom is -0.0913 e. The van der Waals surface area contributed by atoms with E-state index in [0.717, 1.165) is 6.42 Å². The van der Waals surface area contributed by atoms with E-state index < -0.39 is 0 Å². The lowest BCUT2D eigenvalue weighted by Crippen LogP contribution is -2.34. The molecule has 19 heavy (non-hydrogen) atoms. The van der Waals surface area contributed by atoms with Crippen molar-refractivity contribution in [3.8, 4) is 0 Å². The van der Waals surface area contributed by atoms with Gasteiger partial charge in [-0.15, -0.1) is 0 Å². The van der Waals surface area contributed by atoms with Crippen LogP contribution in [-0.4, -0.2) is 0 Å². The number of allylic oxidation sites excluding steroid dienone is 2. The van der Waals surface area contributed by atoms with Gasteiger partial charge in [-0.2, -0.15) is 0 Å². The van der Waals surface area contributed by atoms with Gasteiger partial charge in [-0.25, -0.2) is 0 Å². The highest BCUT2D eigenvalue weighted by Crippen LogP contribution is 2.46. The Morgan fingerprint density at radius 3 is 2.05 bits per heavy atom. The summed E-state index contributed by atoms with van der Waals surface area (Å²) >= 11 is 0. The second-order valence-electron chi connectivity index (χ2n) is 7.37. The zero-order valence-electron chi connectivity index (χ0n) is 13.4. The van der Waals surface area contributed by atoms with Gasteiger partial charge in [0.2, 0.25) is 0 Å². The molecule has 0 nitrogen and oxygen atoms in total. The molecule has 1 aliphatic rings. The van der Waals surface area contributed by atoms with Crippen molar-refractivity contribution in [3.05, 3.63) is 46.5 Å². The van der Waals surface area contributed by atoms with Crippen molar-refractivity contribution in [2.45, 2.75) is 71.6 Å². The SMILES string of the molecule is CC=CCc1cc2c(cc1C)C(C)(C)CCC2(C)C. The molecule has 0 saturated carbocycles. The Morgan fingerprint density at radius 1 is 1.00 bits per heavy atom. The van der Waals surface area contributed by atoms with Gasteiger partial charge in [-0.3, -0.25) is 0 Å². The van der Waals surface area contributed by atoms with E-state index in [9.17, 15) is 0 Å². The molecule has 104 valence electrons. The minimum absolute atomic E-state index is 0.323. The third-order valence-corrected chi connectivity index (χ3v) is 4.88. The first-order valence-corrected chi connectivity index (χ1v) is 7.53. The van der Waals surface area contributed by atoms with E-state index >= 15 is 0 Å². The van der Waals surface area contributed by atoms with Crippen molar-refractivity contribution in [2.75, 3.05) is 0 Å². The van der Waals surface area contributed by atoms with Crippen LogP contribution in [0.5, 0.6) is 0 Å². The van der Waals surface area contributed by atoms with Crippen molar-refractivity contribution in [2.24, 2.45) is 0 Å². The van der Waals surface area contributed by atoms with Crippen molar-refractivity contribution < 1.29 is 0 Å². The molecule has 0 aromatic heterocycles. The molecule has 0 radical (unpaired) electrons. The number of aryl methyl sites for hydroxylation is 1. The molecular formula is C19H28. The molecule has 0 bridgehead atoms. The third-order valence-electron chi connectivity index (χ3n) is 4.88. The lowest BCUT2D eigenvalue weighted by atomic mass is 9.62. The summed E-state index contributed by atoms with van der Waals surface area (Å²) in [4.78, 5) is 0. The van der Waals surface area contributed by atoms with Crippen LogP contribution in [0.25, 0.3) is 0 Å². The maximum absolute atomic E-state index is 2.48. The highest BCUT2D eigenvalue weighted by Gasteiger charge is 2.37. The molecule has 0 aliphatic heterocycles. The van der Waals surface area contributed by atoms with Crippen LogP contribution in [0.3, 0.4) is 0 Å². The molecule has 1 aliphatic carbocycles. The Balaban J connectivity index is 2.58. The fourth-order valence-corrected chi connectivity index (χ4v) is 3.23. The van der Waals surface area contributed by atoms with Crippen LogP contribution in [0.1, 0.15) is 69.7 Å². The Hall–Kier alpha value is -1.04. The largest absolute Gasteiger partial charge is 0.0913 e. The van der Waals surface area contributed by atoms with Crippen LogP contribution in [0.15, 0.2) is 24.3 Å². The number of fused-ring (bicyclic) bond motifs is 1. The molecule has 1 aromatic rings. The smallest absolute Gasteiger partial charge is 0.00948 e. The second kappa shape index (κ2) is 4.81. The quantitative estimate of drug-likeness (QED) is 0.616. The van der Waals surface area contributed by atoms with Crippen LogP contribution in [-0.2, 0) is 17.3 Å². The van der Waals surface area contributed by atoms with Crippen LogP contribution in [0.4, 0.5) is 0 Å². The molecule has 1 aromatic carbocycles. The van der Waals surface area contributed by atoms with Gasteiger partial charge in [-0.05, 0) is 66.2 Å². The predicted octanol–water partition coefficient (Wildman–Crippen LogP) is 5.46. The monoisotopic (exact) mass is 256 g/mol. The highest BCUT2D eigenvalue weighted by molar-refractivity contribution is 5.47. The number of rotatable bonds is 2. The molecule has 0 saturated heterocycles. The van der Waals surface area contributed by atoms with Crippen molar-refractivity contribution in [1.82, 2.24) is 0 Å². The molecule has 0 spiro atoms. The van der Waals surface area contributed by atoms with Gasteiger partial charge >= 0.3 is 0 Å². The first-order chi connectivity index (χ1) is 8.78. The van der Waals surface area contributed by atoms with E-state index in [0.29, 0.717) is 10.8 Å². The number of benzene rings is 1. The van der Waals surface area contributed by atoms with E-state index in [1.54, 1.807) is 11.1 Å². The summed E-state index contributed by atoms with van der Waals surface area (Å²) in [5.41, 5.74) is 6.74. The molecule has 0 heterocycles. The zero-order valence-corrected chi connectivity index (χ0v) is 13.4. The maximum atomic E-state index is 2.48. The van der Waals surface area contributed by atoms with Gasteiger partial charge in [0.25, 0.3) is 0 Å². The first kappa shape index (κ1) is 14.4. The van der Waals surface area contributed by atoms with Gasteiger partial charge in [0.1, 0.15) is 0 Å². The normalized spacial score (nSPS) is 20.5. The van der Waals surface area contributed by atoms with Gasteiger partial charge < -0.3 is 0 Å². The lowest BCUT2D eigenvalue weighted by molar-refractivity contribution is 0.331. The molecule has 0 N–H and O–H groups in total. The maximum Gasteiger partial charge on any atom is -0.00948 e. The average molecular weight is 256 g/mol. The van der Waals surface area contributed by atoms with E-state index in [1.165, 1.54) is 24.0 Å². The van der Waals surface area contributed by atoms with Crippen LogP contribution < -0.4 is 0 Å². The van der Waals surface area contributed by atoms with Crippen molar-refractivity contribution >= 4 is 0 Å². The summed E-state index contributed by atoms with van der Waals surface area (Å²) in [6.07, 6.45) is 8.05. The molecular weight excluding hydrogens is 228 g/mol. The van der Waals surface area contributed by atoms with Crippen molar-refractivity contribution in [1.29, 1.82) is 0 Å². The van der Waals surface area contributed by atoms with Gasteiger partial charge in [0.15, 0.2) is 0 Å².